The Morgan fingerprint density at radius 2 is 1.85 bits per heavy atom. The summed E-state index contributed by atoms with van der Waals surface area (Å²) in [5.41, 5.74) is 0.534. The first-order valence-electron chi connectivity index (χ1n) is 7.51. The molecule has 0 spiro atoms. The summed E-state index contributed by atoms with van der Waals surface area (Å²) in [5.74, 6) is 0. The molecule has 0 radical (unpaired) electrons. The van der Waals surface area contributed by atoms with Gasteiger partial charge in [-0.15, -0.1) is 0 Å². The summed E-state index contributed by atoms with van der Waals surface area (Å²) in [6, 6.07) is 11.2. The number of anilines is 1. The first kappa shape index (κ1) is 19.3. The SMILES string of the molecule is CN(C)S(=O)(=O)c1ccccc1CNC(=O)Nc1cccc([N+](=O)[O-])c1. The van der Waals surface area contributed by atoms with Crippen LogP contribution in [0.1, 0.15) is 5.56 Å². The quantitative estimate of drug-likeness (QED) is 0.589. The van der Waals surface area contributed by atoms with Crippen LogP contribution < -0.4 is 10.6 Å². The van der Waals surface area contributed by atoms with Crippen LogP contribution in [0.5, 0.6) is 0 Å². The maximum atomic E-state index is 12.3. The molecule has 2 aromatic rings. The molecule has 0 atom stereocenters. The summed E-state index contributed by atoms with van der Waals surface area (Å²) < 4.78 is 25.7. The largest absolute Gasteiger partial charge is 0.334 e. The molecule has 0 saturated heterocycles. The van der Waals surface area contributed by atoms with E-state index < -0.39 is 21.0 Å². The van der Waals surface area contributed by atoms with Gasteiger partial charge in [0.1, 0.15) is 0 Å². The highest BCUT2D eigenvalue weighted by atomic mass is 32.2. The van der Waals surface area contributed by atoms with Crippen molar-refractivity contribution in [1.82, 2.24) is 9.62 Å². The van der Waals surface area contributed by atoms with Crippen LogP contribution in [-0.2, 0) is 16.6 Å². The van der Waals surface area contributed by atoms with E-state index in [0.717, 1.165) is 4.31 Å². The molecule has 0 unspecified atom stereocenters. The van der Waals surface area contributed by atoms with Crippen LogP contribution >= 0.6 is 0 Å². The Morgan fingerprint density at radius 1 is 1.15 bits per heavy atom. The fraction of sp³-hybridized carbons (Fsp3) is 0.188. The number of nitro groups is 1. The lowest BCUT2D eigenvalue weighted by atomic mass is 10.2. The number of nitrogens with zero attached hydrogens (tertiary/aromatic N) is 2. The second-order valence-corrected chi connectivity index (χ2v) is 7.63. The third-order valence-electron chi connectivity index (χ3n) is 3.49. The molecule has 0 saturated carbocycles. The highest BCUT2D eigenvalue weighted by Crippen LogP contribution is 2.19. The molecule has 0 aliphatic carbocycles. The Labute approximate surface area is 150 Å². The third kappa shape index (κ3) is 4.55. The number of sulfonamides is 1. The number of benzene rings is 2. The average molecular weight is 378 g/mol. The van der Waals surface area contributed by atoms with Crippen molar-refractivity contribution < 1.29 is 18.1 Å². The molecule has 0 bridgehead atoms. The molecule has 0 aliphatic heterocycles. The summed E-state index contributed by atoms with van der Waals surface area (Å²) in [6.07, 6.45) is 0. The molecule has 138 valence electrons. The Balaban J connectivity index is 2.09. The van der Waals surface area contributed by atoms with Gasteiger partial charge in [-0.3, -0.25) is 10.1 Å². The normalized spacial score (nSPS) is 11.2. The van der Waals surface area contributed by atoms with E-state index in [1.807, 2.05) is 0 Å². The second kappa shape index (κ2) is 7.93. The lowest BCUT2D eigenvalue weighted by Crippen LogP contribution is -2.30. The van der Waals surface area contributed by atoms with Crippen LogP contribution in [0.4, 0.5) is 16.2 Å². The number of nitrogens with one attached hydrogen (secondary N) is 2. The highest BCUT2D eigenvalue weighted by molar-refractivity contribution is 7.89. The van der Waals surface area contributed by atoms with E-state index in [1.54, 1.807) is 18.2 Å². The molecule has 0 aliphatic rings. The maximum Gasteiger partial charge on any atom is 0.319 e. The van der Waals surface area contributed by atoms with Crippen LogP contribution in [0.15, 0.2) is 53.4 Å². The van der Waals surface area contributed by atoms with E-state index in [1.165, 1.54) is 44.4 Å². The lowest BCUT2D eigenvalue weighted by molar-refractivity contribution is -0.384. The number of carbonyl (C=O) groups is 1. The van der Waals surface area contributed by atoms with Crippen molar-refractivity contribution >= 4 is 27.4 Å². The number of hydrogen-bond donors (Lipinski definition) is 2. The van der Waals surface area contributed by atoms with Gasteiger partial charge in [0.2, 0.25) is 10.0 Å². The van der Waals surface area contributed by atoms with Crippen molar-refractivity contribution in [3.05, 3.63) is 64.2 Å². The van der Waals surface area contributed by atoms with Gasteiger partial charge >= 0.3 is 6.03 Å². The highest BCUT2D eigenvalue weighted by Gasteiger charge is 2.20. The number of carbonyl (C=O) groups excluding carboxylic acids is 1. The first-order chi connectivity index (χ1) is 12.2. The van der Waals surface area contributed by atoms with Gasteiger partial charge in [-0.05, 0) is 17.7 Å². The Kier molecular flexibility index (Phi) is 5.90. The molecule has 2 N–H and O–H groups in total. The Hall–Kier alpha value is -2.98. The second-order valence-electron chi connectivity index (χ2n) is 5.51. The smallest absolute Gasteiger partial charge is 0.319 e. The van der Waals surface area contributed by atoms with Gasteiger partial charge in [0.05, 0.1) is 9.82 Å². The third-order valence-corrected chi connectivity index (χ3v) is 5.40. The van der Waals surface area contributed by atoms with Gasteiger partial charge < -0.3 is 10.6 Å². The molecular formula is C16H18N4O5S. The number of nitro benzene ring substituents is 1. The summed E-state index contributed by atoms with van der Waals surface area (Å²) >= 11 is 0. The molecule has 2 aromatic carbocycles. The van der Waals surface area contributed by atoms with Crippen molar-refractivity contribution in [2.24, 2.45) is 0 Å². The number of amides is 2. The zero-order valence-corrected chi connectivity index (χ0v) is 15.0. The van der Waals surface area contributed by atoms with Crippen molar-refractivity contribution in [3.63, 3.8) is 0 Å². The van der Waals surface area contributed by atoms with Crippen LogP contribution in [0.3, 0.4) is 0 Å². The minimum Gasteiger partial charge on any atom is -0.334 e. The van der Waals surface area contributed by atoms with E-state index in [2.05, 4.69) is 10.6 Å². The van der Waals surface area contributed by atoms with E-state index in [4.69, 9.17) is 0 Å². The van der Waals surface area contributed by atoms with Crippen LogP contribution in [0.2, 0.25) is 0 Å². The van der Waals surface area contributed by atoms with E-state index >= 15 is 0 Å². The fourth-order valence-corrected chi connectivity index (χ4v) is 3.26. The summed E-state index contributed by atoms with van der Waals surface area (Å²) in [6.45, 7) is -0.0238. The monoisotopic (exact) mass is 378 g/mol. The van der Waals surface area contributed by atoms with Gasteiger partial charge in [-0.25, -0.2) is 17.5 Å². The van der Waals surface area contributed by atoms with Crippen molar-refractivity contribution in [1.29, 1.82) is 0 Å². The van der Waals surface area contributed by atoms with Crippen LogP contribution in [0, 0.1) is 10.1 Å². The molecule has 10 heteroatoms. The maximum absolute atomic E-state index is 12.3. The Bertz CT molecular complexity index is 928. The van der Waals surface area contributed by atoms with Crippen LogP contribution in [-0.4, -0.2) is 37.8 Å². The van der Waals surface area contributed by atoms with Gasteiger partial charge in [-0.2, -0.15) is 0 Å². The zero-order valence-electron chi connectivity index (χ0n) is 14.2. The topological polar surface area (TPSA) is 122 Å². The summed E-state index contributed by atoms with van der Waals surface area (Å²) in [7, 11) is -0.793. The van der Waals surface area contributed by atoms with E-state index in [0.29, 0.717) is 5.56 Å². The van der Waals surface area contributed by atoms with Gasteiger partial charge in [0.25, 0.3) is 5.69 Å². The average Bonchev–Trinajstić information content (AvgIpc) is 2.60. The number of hydrogen-bond acceptors (Lipinski definition) is 5. The number of non-ortho nitro benzene ring substituents is 1. The number of rotatable bonds is 6. The predicted octanol–water partition coefficient (Wildman–Crippen LogP) is 2.17. The molecular weight excluding hydrogens is 360 g/mol. The van der Waals surface area contributed by atoms with E-state index in [-0.39, 0.29) is 22.8 Å². The molecule has 2 rings (SSSR count). The molecule has 9 nitrogen and oxygen atoms in total. The van der Waals surface area contributed by atoms with Gasteiger partial charge in [0.15, 0.2) is 0 Å². The molecule has 0 heterocycles. The van der Waals surface area contributed by atoms with Crippen molar-refractivity contribution in [2.75, 3.05) is 19.4 Å². The molecule has 2 amide bonds. The first-order valence-corrected chi connectivity index (χ1v) is 8.95. The van der Waals surface area contributed by atoms with Crippen molar-refractivity contribution in [3.8, 4) is 0 Å². The predicted molar refractivity (Wildman–Crippen MR) is 96.3 cm³/mol. The van der Waals surface area contributed by atoms with E-state index in [9.17, 15) is 23.3 Å². The molecule has 26 heavy (non-hydrogen) atoms. The molecule has 0 aromatic heterocycles. The Morgan fingerprint density at radius 3 is 2.50 bits per heavy atom. The zero-order chi connectivity index (χ0) is 19.3. The summed E-state index contributed by atoms with van der Waals surface area (Å²) in [5, 5.41) is 15.8. The van der Waals surface area contributed by atoms with Crippen molar-refractivity contribution in [2.45, 2.75) is 11.4 Å². The lowest BCUT2D eigenvalue weighted by Gasteiger charge is -2.15. The molecule has 0 fully saturated rings. The minimum absolute atomic E-state index is 0.0238. The number of urea groups is 1. The van der Waals surface area contributed by atoms with Gasteiger partial charge in [-0.1, -0.05) is 24.3 Å². The fourth-order valence-electron chi connectivity index (χ4n) is 2.15. The standard InChI is InChI=1S/C16H18N4O5S/c1-19(2)26(24,25)15-9-4-3-6-12(15)11-17-16(21)18-13-7-5-8-14(10-13)20(22)23/h3-10H,11H2,1-2H3,(H2,17,18,21). The van der Waals surface area contributed by atoms with Gasteiger partial charge in [0, 0.05) is 38.5 Å². The minimum atomic E-state index is -3.64. The van der Waals surface area contributed by atoms with Crippen LogP contribution in [0.25, 0.3) is 0 Å². The summed E-state index contributed by atoms with van der Waals surface area (Å²) in [4.78, 5) is 22.3.